The van der Waals surface area contributed by atoms with Gasteiger partial charge in [-0.1, -0.05) is 13.8 Å². The van der Waals surface area contributed by atoms with E-state index in [-0.39, 0.29) is 6.17 Å². The molecule has 0 fully saturated rings. The topological polar surface area (TPSA) is 15.4 Å². The second-order valence-corrected chi connectivity index (χ2v) is 2.54. The Bertz CT molecular complexity index is 270. The third kappa shape index (κ3) is 1.70. The maximum absolute atomic E-state index is 4.21. The largest absolute Gasteiger partial charge is 0.270 e. The molecule has 0 N–H and O–H groups in total. The number of aliphatic imine (C=N–C) groups is 1. The minimum absolute atomic E-state index is 0.240. The average molecular weight is 163 g/mol. The molecular formula is C10H15N2+. The highest BCUT2D eigenvalue weighted by Gasteiger charge is 2.20. The first-order chi connectivity index (χ1) is 5.86. The van der Waals surface area contributed by atoms with E-state index < -0.39 is 0 Å². The Balaban J connectivity index is 0.000000336. The molecule has 0 saturated carbocycles. The highest BCUT2D eigenvalue weighted by molar-refractivity contribution is 6.14. The van der Waals surface area contributed by atoms with Gasteiger partial charge in [0, 0.05) is 11.6 Å². The van der Waals surface area contributed by atoms with Gasteiger partial charge in [-0.2, -0.15) is 4.58 Å². The summed E-state index contributed by atoms with van der Waals surface area (Å²) in [7, 11) is 0. The third-order valence-corrected chi connectivity index (χ3v) is 1.67. The molecule has 1 atom stereocenters. The molecule has 0 aliphatic carbocycles. The molecular weight excluding hydrogens is 148 g/mol. The Labute approximate surface area is 73.6 Å². The van der Waals surface area contributed by atoms with Crippen molar-refractivity contribution in [2.45, 2.75) is 26.9 Å². The lowest BCUT2D eigenvalue weighted by molar-refractivity contribution is -0.477. The fourth-order valence-electron chi connectivity index (χ4n) is 1.15. The van der Waals surface area contributed by atoms with Crippen molar-refractivity contribution in [3.63, 3.8) is 0 Å². The van der Waals surface area contributed by atoms with Crippen LogP contribution in [-0.4, -0.2) is 23.2 Å². The summed E-state index contributed by atoms with van der Waals surface area (Å²) < 4.78 is 2.09. The molecule has 2 heterocycles. The van der Waals surface area contributed by atoms with Gasteiger partial charge < -0.3 is 0 Å². The minimum Gasteiger partial charge on any atom is -0.215 e. The molecule has 0 amide bonds. The van der Waals surface area contributed by atoms with Crippen LogP contribution < -0.4 is 0 Å². The standard InChI is InChI=1S/C8H9N2.C2H6/c1-7-2-3-8-9-4-5-10(8)6-7;1-2/h2-6,8H,1H3;1-2H3/q+1;. The second-order valence-electron chi connectivity index (χ2n) is 2.54. The van der Waals surface area contributed by atoms with Gasteiger partial charge in [0.05, 0.1) is 6.21 Å². The summed E-state index contributed by atoms with van der Waals surface area (Å²) in [5.74, 6) is 0. The molecule has 0 bridgehead atoms. The van der Waals surface area contributed by atoms with Gasteiger partial charge in [0.2, 0.25) is 0 Å². The van der Waals surface area contributed by atoms with Gasteiger partial charge in [0.15, 0.2) is 12.4 Å². The van der Waals surface area contributed by atoms with Crippen LogP contribution in [-0.2, 0) is 0 Å². The Kier molecular flexibility index (Phi) is 2.97. The Morgan fingerprint density at radius 2 is 2.17 bits per heavy atom. The molecule has 0 aromatic carbocycles. The molecule has 12 heavy (non-hydrogen) atoms. The van der Waals surface area contributed by atoms with E-state index in [2.05, 4.69) is 34.8 Å². The Morgan fingerprint density at radius 1 is 1.42 bits per heavy atom. The van der Waals surface area contributed by atoms with Crippen LogP contribution in [0.4, 0.5) is 0 Å². The van der Waals surface area contributed by atoms with Gasteiger partial charge in [0.25, 0.3) is 6.17 Å². The zero-order valence-corrected chi connectivity index (χ0v) is 7.86. The number of hydrogen-bond acceptors (Lipinski definition) is 1. The maximum Gasteiger partial charge on any atom is 0.270 e. The van der Waals surface area contributed by atoms with Crippen molar-refractivity contribution in [1.82, 2.24) is 0 Å². The average Bonchev–Trinajstić information content (AvgIpc) is 2.54. The number of nitrogens with zero attached hydrogens (tertiary/aromatic N) is 2. The van der Waals surface area contributed by atoms with Crippen molar-refractivity contribution in [2.24, 2.45) is 4.99 Å². The lowest BCUT2D eigenvalue weighted by Crippen LogP contribution is -2.16. The summed E-state index contributed by atoms with van der Waals surface area (Å²) >= 11 is 0. The monoisotopic (exact) mass is 163 g/mol. The predicted molar refractivity (Wildman–Crippen MR) is 52.8 cm³/mol. The highest BCUT2D eigenvalue weighted by atomic mass is 15.2. The Morgan fingerprint density at radius 3 is 2.92 bits per heavy atom. The molecule has 0 saturated heterocycles. The quantitative estimate of drug-likeness (QED) is 0.485. The van der Waals surface area contributed by atoms with E-state index in [1.54, 1.807) is 0 Å². The van der Waals surface area contributed by atoms with Crippen molar-refractivity contribution in [1.29, 1.82) is 0 Å². The van der Waals surface area contributed by atoms with Gasteiger partial charge in [-0.3, -0.25) is 0 Å². The van der Waals surface area contributed by atoms with Crippen molar-refractivity contribution in [3.8, 4) is 0 Å². The molecule has 2 heteroatoms. The summed E-state index contributed by atoms with van der Waals surface area (Å²) in [6.07, 6.45) is 10.3. The summed E-state index contributed by atoms with van der Waals surface area (Å²) in [6.45, 7) is 6.08. The van der Waals surface area contributed by atoms with Crippen molar-refractivity contribution in [3.05, 3.63) is 23.9 Å². The molecule has 0 radical (unpaired) electrons. The number of hydrogen-bond donors (Lipinski definition) is 0. The van der Waals surface area contributed by atoms with Crippen molar-refractivity contribution < 1.29 is 4.58 Å². The molecule has 2 nitrogen and oxygen atoms in total. The zero-order chi connectivity index (χ0) is 8.97. The van der Waals surface area contributed by atoms with Gasteiger partial charge in [0.1, 0.15) is 0 Å². The van der Waals surface area contributed by atoms with E-state index in [0.717, 1.165) is 0 Å². The lowest BCUT2D eigenvalue weighted by Gasteiger charge is -2.03. The second kappa shape index (κ2) is 4.00. The molecule has 0 aromatic rings. The maximum atomic E-state index is 4.21. The van der Waals surface area contributed by atoms with E-state index in [1.165, 1.54) is 5.57 Å². The summed E-state index contributed by atoms with van der Waals surface area (Å²) in [5.41, 5.74) is 1.28. The first kappa shape index (κ1) is 8.91. The normalized spacial score (nSPS) is 23.8. The summed E-state index contributed by atoms with van der Waals surface area (Å²) in [5, 5.41) is 0. The van der Waals surface area contributed by atoms with Crippen molar-refractivity contribution in [2.75, 3.05) is 0 Å². The molecule has 2 aliphatic rings. The number of fused-ring (bicyclic) bond motifs is 1. The fraction of sp³-hybridized carbons (Fsp3) is 0.400. The SMILES string of the molecule is CC.CC1=C[N+]2=CC=NC2C=C1. The first-order valence-corrected chi connectivity index (χ1v) is 4.37. The number of allylic oxidation sites excluding steroid dienone is 2. The molecule has 2 aliphatic heterocycles. The highest BCUT2D eigenvalue weighted by Crippen LogP contribution is 2.10. The predicted octanol–water partition coefficient (Wildman–Crippen LogP) is 1.98. The fourth-order valence-corrected chi connectivity index (χ4v) is 1.15. The summed E-state index contributed by atoms with van der Waals surface area (Å²) in [4.78, 5) is 4.21. The van der Waals surface area contributed by atoms with E-state index in [9.17, 15) is 0 Å². The van der Waals surface area contributed by atoms with Crippen LogP contribution in [0, 0.1) is 0 Å². The third-order valence-electron chi connectivity index (χ3n) is 1.67. The Hall–Kier alpha value is -1.18. The van der Waals surface area contributed by atoms with E-state index >= 15 is 0 Å². The van der Waals surface area contributed by atoms with Crippen LogP contribution in [0.5, 0.6) is 0 Å². The minimum atomic E-state index is 0.240. The lowest BCUT2D eigenvalue weighted by atomic mass is 10.2. The van der Waals surface area contributed by atoms with Crippen LogP contribution in [0.25, 0.3) is 0 Å². The summed E-state index contributed by atoms with van der Waals surface area (Å²) in [6, 6.07) is 0. The van der Waals surface area contributed by atoms with Crippen LogP contribution in [0.3, 0.4) is 0 Å². The molecule has 2 rings (SSSR count). The molecule has 0 spiro atoms. The zero-order valence-electron chi connectivity index (χ0n) is 7.86. The smallest absolute Gasteiger partial charge is 0.215 e. The van der Waals surface area contributed by atoms with E-state index in [1.807, 2.05) is 26.3 Å². The van der Waals surface area contributed by atoms with Crippen molar-refractivity contribution >= 4 is 12.4 Å². The first-order valence-electron chi connectivity index (χ1n) is 4.37. The van der Waals surface area contributed by atoms with Crippen LogP contribution in [0.2, 0.25) is 0 Å². The van der Waals surface area contributed by atoms with Crippen LogP contribution >= 0.6 is 0 Å². The van der Waals surface area contributed by atoms with Gasteiger partial charge in [-0.15, -0.1) is 0 Å². The molecule has 64 valence electrons. The molecule has 1 unspecified atom stereocenters. The van der Waals surface area contributed by atoms with Gasteiger partial charge >= 0.3 is 0 Å². The van der Waals surface area contributed by atoms with E-state index in [4.69, 9.17) is 0 Å². The molecule has 0 aromatic heterocycles. The van der Waals surface area contributed by atoms with Crippen LogP contribution in [0.15, 0.2) is 28.9 Å². The van der Waals surface area contributed by atoms with Gasteiger partial charge in [-0.25, -0.2) is 4.99 Å². The van der Waals surface area contributed by atoms with Gasteiger partial charge in [-0.05, 0) is 13.0 Å². The van der Waals surface area contributed by atoms with E-state index in [0.29, 0.717) is 0 Å². The number of rotatable bonds is 0. The van der Waals surface area contributed by atoms with Crippen LogP contribution in [0.1, 0.15) is 20.8 Å².